The zero-order valence-corrected chi connectivity index (χ0v) is 20.9. The van der Waals surface area contributed by atoms with E-state index in [1.165, 1.54) is 24.2 Å². The third kappa shape index (κ3) is 3.44. The van der Waals surface area contributed by atoms with Crippen LogP contribution in [0, 0.1) is 23.2 Å². The van der Waals surface area contributed by atoms with Gasteiger partial charge in [0, 0.05) is 10.0 Å². The van der Waals surface area contributed by atoms with E-state index in [4.69, 9.17) is 0 Å². The number of hydrogen-bond acceptors (Lipinski definition) is 3. The quantitative estimate of drug-likeness (QED) is 0.514. The van der Waals surface area contributed by atoms with Crippen LogP contribution >= 0.6 is 15.9 Å². The van der Waals surface area contributed by atoms with Crippen molar-refractivity contribution in [3.63, 3.8) is 0 Å². The standard InChI is InChI=1S/C26H33BrN2O3/c1-4-25(2,3)29(24(32)26-13-16-9-17(14-26)11-18(10-16)15-26)21-12-22(30)28(23(21)31)20-7-5-19(27)6-8-20/h5-8,16-18,21H,4,9-15H2,1-3H3. The van der Waals surface area contributed by atoms with E-state index < -0.39 is 11.6 Å². The Balaban J connectivity index is 1.49. The molecule has 0 aromatic heterocycles. The Hall–Kier alpha value is -1.69. The predicted molar refractivity (Wildman–Crippen MR) is 127 cm³/mol. The van der Waals surface area contributed by atoms with E-state index >= 15 is 0 Å². The number of halogens is 1. The van der Waals surface area contributed by atoms with E-state index in [0.717, 1.165) is 30.2 Å². The van der Waals surface area contributed by atoms with Crippen LogP contribution in [0.1, 0.15) is 72.1 Å². The van der Waals surface area contributed by atoms with Crippen LogP contribution in [-0.2, 0) is 14.4 Å². The summed E-state index contributed by atoms with van der Waals surface area (Å²) >= 11 is 3.41. The highest BCUT2D eigenvalue weighted by Gasteiger charge is 2.59. The van der Waals surface area contributed by atoms with Crippen molar-refractivity contribution in [2.45, 2.75) is 83.7 Å². The summed E-state index contributed by atoms with van der Waals surface area (Å²) in [5, 5.41) is 0. The normalized spacial score (nSPS) is 33.8. The minimum atomic E-state index is -0.721. The summed E-state index contributed by atoms with van der Waals surface area (Å²) in [5.74, 6) is 1.59. The van der Waals surface area contributed by atoms with Gasteiger partial charge in [0.05, 0.1) is 17.5 Å². The predicted octanol–water partition coefficient (Wildman–Crippen LogP) is 5.31. The van der Waals surface area contributed by atoms with Crippen molar-refractivity contribution in [3.05, 3.63) is 28.7 Å². The van der Waals surface area contributed by atoms with Crippen molar-refractivity contribution in [2.75, 3.05) is 4.90 Å². The lowest BCUT2D eigenvalue weighted by atomic mass is 9.49. The molecule has 3 amide bonds. The maximum Gasteiger partial charge on any atom is 0.257 e. The lowest BCUT2D eigenvalue weighted by Crippen LogP contribution is -2.62. The first kappa shape index (κ1) is 22.1. The van der Waals surface area contributed by atoms with Crippen molar-refractivity contribution in [1.82, 2.24) is 4.90 Å². The fourth-order valence-electron chi connectivity index (χ4n) is 7.32. The molecule has 6 heteroatoms. The Morgan fingerprint density at radius 2 is 1.59 bits per heavy atom. The number of rotatable bonds is 5. The van der Waals surface area contributed by atoms with E-state index in [2.05, 4.69) is 22.9 Å². The topological polar surface area (TPSA) is 57.7 Å². The maximum atomic E-state index is 14.4. The highest BCUT2D eigenvalue weighted by Crippen LogP contribution is 2.61. The van der Waals surface area contributed by atoms with Gasteiger partial charge in [-0.2, -0.15) is 0 Å². The summed E-state index contributed by atoms with van der Waals surface area (Å²) in [6.07, 6.45) is 7.47. The molecule has 0 N–H and O–H groups in total. The number of nitrogens with zero attached hydrogens (tertiary/aromatic N) is 2. The van der Waals surface area contributed by atoms with E-state index in [1.54, 1.807) is 12.1 Å². The summed E-state index contributed by atoms with van der Waals surface area (Å²) in [6, 6.07) is 6.49. The zero-order valence-electron chi connectivity index (χ0n) is 19.3. The molecule has 1 aromatic carbocycles. The first-order valence-electron chi connectivity index (χ1n) is 12.1. The number of anilines is 1. The van der Waals surface area contributed by atoms with Crippen LogP contribution in [0.4, 0.5) is 5.69 Å². The van der Waals surface area contributed by atoms with Crippen LogP contribution in [0.2, 0.25) is 0 Å². The van der Waals surface area contributed by atoms with E-state index in [0.29, 0.717) is 23.4 Å². The SMILES string of the molecule is CCC(C)(C)N(C(=O)C12CC3CC(CC(C3)C1)C2)C1CC(=O)N(c2ccc(Br)cc2)C1=O. The maximum absolute atomic E-state index is 14.4. The van der Waals surface area contributed by atoms with Crippen molar-refractivity contribution >= 4 is 39.3 Å². The molecule has 0 spiro atoms. The first-order valence-corrected chi connectivity index (χ1v) is 12.9. The second-order valence-electron chi connectivity index (χ2n) is 11.3. The van der Waals surface area contributed by atoms with Gasteiger partial charge in [-0.1, -0.05) is 22.9 Å². The molecule has 1 heterocycles. The van der Waals surface area contributed by atoms with Crippen molar-refractivity contribution in [1.29, 1.82) is 0 Å². The number of imide groups is 1. The van der Waals surface area contributed by atoms with Crippen molar-refractivity contribution in [3.8, 4) is 0 Å². The number of benzene rings is 1. The average molecular weight is 501 g/mol. The molecular weight excluding hydrogens is 468 g/mol. The largest absolute Gasteiger partial charge is 0.325 e. The molecule has 172 valence electrons. The average Bonchev–Trinajstić information content (AvgIpc) is 3.01. The van der Waals surface area contributed by atoms with Gasteiger partial charge >= 0.3 is 0 Å². The molecule has 1 atom stereocenters. The smallest absolute Gasteiger partial charge is 0.257 e. The Kier molecular flexibility index (Phi) is 5.31. The third-order valence-electron chi connectivity index (χ3n) is 8.75. The molecule has 4 aliphatic carbocycles. The number of amides is 3. The lowest BCUT2D eigenvalue weighted by Gasteiger charge is -2.58. The van der Waals surface area contributed by atoms with Crippen molar-refractivity contribution < 1.29 is 14.4 Å². The molecule has 1 saturated heterocycles. The molecule has 5 aliphatic rings. The Morgan fingerprint density at radius 3 is 2.09 bits per heavy atom. The van der Waals surface area contributed by atoms with Gasteiger partial charge in [0.1, 0.15) is 6.04 Å². The summed E-state index contributed by atoms with van der Waals surface area (Å²) in [6.45, 7) is 6.16. The number of carbonyl (C=O) groups is 3. The summed E-state index contributed by atoms with van der Waals surface area (Å²) in [7, 11) is 0. The number of hydrogen-bond donors (Lipinski definition) is 0. The Morgan fingerprint density at radius 1 is 1.06 bits per heavy atom. The Labute approximate surface area is 199 Å². The minimum absolute atomic E-state index is 0.0659. The van der Waals surface area contributed by atoms with Gasteiger partial charge in [-0.15, -0.1) is 0 Å². The molecule has 4 bridgehead atoms. The molecule has 6 rings (SSSR count). The Bertz CT molecular complexity index is 919. The molecule has 5 nitrogen and oxygen atoms in total. The van der Waals surface area contributed by atoms with Crippen LogP contribution in [0.15, 0.2) is 28.7 Å². The summed E-state index contributed by atoms with van der Waals surface area (Å²) in [4.78, 5) is 44.2. The van der Waals surface area contributed by atoms with E-state index in [-0.39, 0.29) is 29.6 Å². The van der Waals surface area contributed by atoms with Gasteiger partial charge in [-0.05, 0) is 101 Å². The fraction of sp³-hybridized carbons (Fsp3) is 0.654. The zero-order chi connectivity index (χ0) is 22.8. The summed E-state index contributed by atoms with van der Waals surface area (Å²) < 4.78 is 0.891. The molecule has 1 unspecified atom stereocenters. The van der Waals surface area contributed by atoms with Crippen LogP contribution in [-0.4, -0.2) is 34.2 Å². The molecule has 5 fully saturated rings. The van der Waals surface area contributed by atoms with Crippen LogP contribution in [0.5, 0.6) is 0 Å². The molecular formula is C26H33BrN2O3. The molecule has 1 aliphatic heterocycles. The molecule has 4 saturated carbocycles. The lowest BCUT2D eigenvalue weighted by molar-refractivity contribution is -0.168. The van der Waals surface area contributed by atoms with Gasteiger partial charge in [0.15, 0.2) is 0 Å². The van der Waals surface area contributed by atoms with E-state index in [9.17, 15) is 14.4 Å². The second-order valence-corrected chi connectivity index (χ2v) is 12.2. The van der Waals surface area contributed by atoms with E-state index in [1.807, 2.05) is 30.9 Å². The minimum Gasteiger partial charge on any atom is -0.325 e. The highest BCUT2D eigenvalue weighted by molar-refractivity contribution is 9.10. The fourth-order valence-corrected chi connectivity index (χ4v) is 7.58. The molecule has 32 heavy (non-hydrogen) atoms. The summed E-state index contributed by atoms with van der Waals surface area (Å²) in [5.41, 5.74) is -0.256. The first-order chi connectivity index (χ1) is 15.1. The van der Waals surface area contributed by atoms with Gasteiger partial charge < -0.3 is 4.90 Å². The monoisotopic (exact) mass is 500 g/mol. The van der Waals surface area contributed by atoms with Crippen LogP contribution in [0.25, 0.3) is 0 Å². The van der Waals surface area contributed by atoms with Gasteiger partial charge in [-0.25, -0.2) is 4.90 Å². The van der Waals surface area contributed by atoms with Gasteiger partial charge in [0.25, 0.3) is 5.91 Å². The number of carbonyl (C=O) groups excluding carboxylic acids is 3. The van der Waals surface area contributed by atoms with Crippen LogP contribution < -0.4 is 4.90 Å². The highest BCUT2D eigenvalue weighted by atomic mass is 79.9. The van der Waals surface area contributed by atoms with Gasteiger partial charge in [0.2, 0.25) is 11.8 Å². The second kappa shape index (κ2) is 7.68. The third-order valence-corrected chi connectivity index (χ3v) is 9.28. The molecule has 1 aromatic rings. The van der Waals surface area contributed by atoms with Gasteiger partial charge in [-0.3, -0.25) is 14.4 Å². The van der Waals surface area contributed by atoms with Crippen LogP contribution in [0.3, 0.4) is 0 Å². The van der Waals surface area contributed by atoms with Crippen molar-refractivity contribution in [2.24, 2.45) is 23.2 Å². The molecule has 0 radical (unpaired) electrons.